The van der Waals surface area contributed by atoms with E-state index in [1.54, 1.807) is 12.1 Å². The van der Waals surface area contributed by atoms with E-state index >= 15 is 0 Å². The molecule has 2 aromatic rings. The predicted molar refractivity (Wildman–Crippen MR) is 68.6 cm³/mol. The van der Waals surface area contributed by atoms with Gasteiger partial charge in [0.05, 0.1) is 12.3 Å². The normalized spacial score (nSPS) is 10.2. The summed E-state index contributed by atoms with van der Waals surface area (Å²) in [5.74, 6) is 0.521. The van der Waals surface area contributed by atoms with Gasteiger partial charge in [-0.15, -0.1) is 0 Å². The van der Waals surface area contributed by atoms with Crippen molar-refractivity contribution >= 4 is 15.9 Å². The molecule has 1 N–H and O–H groups in total. The molecule has 0 saturated heterocycles. The number of aliphatic hydroxyl groups excluding tert-OH is 1. The molecule has 0 aliphatic carbocycles. The Morgan fingerprint density at radius 3 is 2.71 bits per heavy atom. The number of rotatable bonds is 4. The topological polar surface area (TPSA) is 42.4 Å². The van der Waals surface area contributed by atoms with Crippen molar-refractivity contribution in [2.24, 2.45) is 0 Å². The summed E-state index contributed by atoms with van der Waals surface area (Å²) in [6, 6.07) is 13.2. The van der Waals surface area contributed by atoms with Crippen molar-refractivity contribution in [3.05, 3.63) is 58.2 Å². The van der Waals surface area contributed by atoms with Crippen molar-refractivity contribution in [2.45, 2.75) is 13.2 Å². The molecule has 0 fully saturated rings. The zero-order valence-corrected chi connectivity index (χ0v) is 10.7. The standard InChI is InChI=1S/C13H12BrNO2/c14-12-6-2-1-4-10(12)9-17-13-7-3-5-11(8-16)15-13/h1-7,16H,8-9H2. The van der Waals surface area contributed by atoms with Crippen molar-refractivity contribution in [1.29, 1.82) is 0 Å². The van der Waals surface area contributed by atoms with Gasteiger partial charge < -0.3 is 9.84 Å². The first-order valence-electron chi connectivity index (χ1n) is 5.22. The number of hydrogen-bond acceptors (Lipinski definition) is 3. The molecule has 0 aliphatic heterocycles. The molecule has 0 spiro atoms. The maximum Gasteiger partial charge on any atom is 0.213 e. The summed E-state index contributed by atoms with van der Waals surface area (Å²) in [6.07, 6.45) is 0. The molecular weight excluding hydrogens is 282 g/mol. The Hall–Kier alpha value is -1.39. The van der Waals surface area contributed by atoms with Crippen LogP contribution in [-0.2, 0) is 13.2 Å². The van der Waals surface area contributed by atoms with E-state index in [1.165, 1.54) is 0 Å². The number of hydrogen-bond donors (Lipinski definition) is 1. The van der Waals surface area contributed by atoms with E-state index in [0.717, 1.165) is 10.0 Å². The molecule has 0 bridgehead atoms. The summed E-state index contributed by atoms with van der Waals surface area (Å²) in [5, 5.41) is 8.97. The molecule has 0 aliphatic rings. The highest BCUT2D eigenvalue weighted by Gasteiger charge is 2.01. The Morgan fingerprint density at radius 2 is 1.94 bits per heavy atom. The van der Waals surface area contributed by atoms with Crippen LogP contribution in [0.5, 0.6) is 5.88 Å². The summed E-state index contributed by atoms with van der Waals surface area (Å²) in [4.78, 5) is 4.15. The number of benzene rings is 1. The van der Waals surface area contributed by atoms with Crippen molar-refractivity contribution in [2.75, 3.05) is 0 Å². The van der Waals surface area contributed by atoms with Crippen molar-refractivity contribution < 1.29 is 9.84 Å². The lowest BCUT2D eigenvalue weighted by Crippen LogP contribution is -1.99. The van der Waals surface area contributed by atoms with Crippen molar-refractivity contribution in [3.63, 3.8) is 0 Å². The van der Waals surface area contributed by atoms with Crippen LogP contribution in [0, 0.1) is 0 Å². The van der Waals surface area contributed by atoms with Crippen LogP contribution < -0.4 is 4.74 Å². The van der Waals surface area contributed by atoms with E-state index < -0.39 is 0 Å². The summed E-state index contributed by atoms with van der Waals surface area (Å²) in [7, 11) is 0. The van der Waals surface area contributed by atoms with Gasteiger partial charge in [-0.25, -0.2) is 4.98 Å². The second-order valence-corrected chi connectivity index (χ2v) is 4.36. The Morgan fingerprint density at radius 1 is 1.12 bits per heavy atom. The maximum atomic E-state index is 8.97. The SMILES string of the molecule is OCc1cccc(OCc2ccccc2Br)n1. The van der Waals surface area contributed by atoms with Gasteiger partial charge in [-0.3, -0.25) is 0 Å². The van der Waals surface area contributed by atoms with Gasteiger partial charge in [0.25, 0.3) is 0 Å². The van der Waals surface area contributed by atoms with Gasteiger partial charge in [0.15, 0.2) is 0 Å². The number of halogens is 1. The first-order chi connectivity index (χ1) is 8.29. The third kappa shape index (κ3) is 3.28. The van der Waals surface area contributed by atoms with Crippen molar-refractivity contribution in [3.8, 4) is 5.88 Å². The fourth-order valence-electron chi connectivity index (χ4n) is 1.39. The molecule has 88 valence electrons. The highest BCUT2D eigenvalue weighted by atomic mass is 79.9. The molecular formula is C13H12BrNO2. The summed E-state index contributed by atoms with van der Waals surface area (Å²) >= 11 is 3.46. The molecule has 0 saturated carbocycles. The van der Waals surface area contributed by atoms with Crippen LogP contribution >= 0.6 is 15.9 Å². The molecule has 1 aromatic carbocycles. The molecule has 4 heteroatoms. The van der Waals surface area contributed by atoms with Crippen LogP contribution in [-0.4, -0.2) is 10.1 Å². The Balaban J connectivity index is 2.05. The van der Waals surface area contributed by atoms with Crippen LogP contribution in [0.1, 0.15) is 11.3 Å². The summed E-state index contributed by atoms with van der Waals surface area (Å²) in [5.41, 5.74) is 1.67. The first kappa shape index (κ1) is 12.1. The lowest BCUT2D eigenvalue weighted by molar-refractivity contribution is 0.265. The van der Waals surface area contributed by atoms with E-state index in [9.17, 15) is 0 Å². The predicted octanol–water partition coefficient (Wildman–Crippen LogP) is 2.92. The number of nitrogens with zero attached hydrogens (tertiary/aromatic N) is 1. The van der Waals surface area contributed by atoms with Gasteiger partial charge in [0, 0.05) is 16.1 Å². The maximum absolute atomic E-state index is 8.97. The van der Waals surface area contributed by atoms with Gasteiger partial charge >= 0.3 is 0 Å². The zero-order chi connectivity index (χ0) is 12.1. The molecule has 3 nitrogen and oxygen atoms in total. The van der Waals surface area contributed by atoms with E-state index in [2.05, 4.69) is 20.9 Å². The highest BCUT2D eigenvalue weighted by molar-refractivity contribution is 9.10. The molecule has 0 unspecified atom stereocenters. The molecule has 0 amide bonds. The minimum atomic E-state index is -0.0772. The second kappa shape index (κ2) is 5.80. The highest BCUT2D eigenvalue weighted by Crippen LogP contribution is 2.18. The number of ether oxygens (including phenoxy) is 1. The second-order valence-electron chi connectivity index (χ2n) is 3.51. The van der Waals surface area contributed by atoms with Crippen LogP contribution in [0.4, 0.5) is 0 Å². The van der Waals surface area contributed by atoms with Gasteiger partial charge in [0.1, 0.15) is 6.61 Å². The van der Waals surface area contributed by atoms with Crippen molar-refractivity contribution in [1.82, 2.24) is 4.98 Å². The van der Waals surface area contributed by atoms with Crippen LogP contribution in [0.3, 0.4) is 0 Å². The van der Waals surface area contributed by atoms with E-state index in [4.69, 9.17) is 9.84 Å². The molecule has 2 rings (SSSR count). The number of pyridine rings is 1. The Kier molecular flexibility index (Phi) is 4.12. The zero-order valence-electron chi connectivity index (χ0n) is 9.14. The average Bonchev–Trinajstić information content (AvgIpc) is 2.38. The van der Waals surface area contributed by atoms with Crippen LogP contribution in [0.2, 0.25) is 0 Å². The lowest BCUT2D eigenvalue weighted by Gasteiger charge is -2.07. The number of aromatic nitrogens is 1. The van der Waals surface area contributed by atoms with Crippen LogP contribution in [0.15, 0.2) is 46.9 Å². The smallest absolute Gasteiger partial charge is 0.213 e. The molecule has 1 heterocycles. The average molecular weight is 294 g/mol. The minimum Gasteiger partial charge on any atom is -0.473 e. The van der Waals surface area contributed by atoms with Crippen LogP contribution in [0.25, 0.3) is 0 Å². The third-order valence-electron chi connectivity index (χ3n) is 2.28. The minimum absolute atomic E-state index is 0.0772. The van der Waals surface area contributed by atoms with E-state index in [-0.39, 0.29) is 6.61 Å². The number of aliphatic hydroxyl groups is 1. The fraction of sp³-hybridized carbons (Fsp3) is 0.154. The summed E-state index contributed by atoms with van der Waals surface area (Å²) < 4.78 is 6.58. The quantitative estimate of drug-likeness (QED) is 0.942. The third-order valence-corrected chi connectivity index (χ3v) is 3.05. The fourth-order valence-corrected chi connectivity index (χ4v) is 1.79. The molecule has 0 atom stereocenters. The van der Waals surface area contributed by atoms with E-state index in [1.807, 2.05) is 30.3 Å². The first-order valence-corrected chi connectivity index (χ1v) is 6.02. The largest absolute Gasteiger partial charge is 0.473 e. The van der Waals surface area contributed by atoms with Gasteiger partial charge in [-0.2, -0.15) is 0 Å². The monoisotopic (exact) mass is 293 g/mol. The molecule has 1 aromatic heterocycles. The summed E-state index contributed by atoms with van der Waals surface area (Å²) in [6.45, 7) is 0.371. The Bertz CT molecular complexity index is 502. The van der Waals surface area contributed by atoms with E-state index in [0.29, 0.717) is 18.2 Å². The van der Waals surface area contributed by atoms with Gasteiger partial charge in [-0.1, -0.05) is 40.2 Å². The van der Waals surface area contributed by atoms with Gasteiger partial charge in [-0.05, 0) is 12.1 Å². The molecule has 17 heavy (non-hydrogen) atoms. The lowest BCUT2D eigenvalue weighted by atomic mass is 10.2. The Labute approximate surface area is 108 Å². The van der Waals surface area contributed by atoms with Gasteiger partial charge in [0.2, 0.25) is 5.88 Å². The molecule has 0 radical (unpaired) electrons.